The molecule has 2 heteroatoms. The predicted molar refractivity (Wildman–Crippen MR) is 83.1 cm³/mol. The Balaban J connectivity index is 3.82. The van der Waals surface area contributed by atoms with E-state index in [0.29, 0.717) is 23.5 Å². The Hall–Kier alpha value is -0.0800. The lowest BCUT2D eigenvalue weighted by atomic mass is 9.89. The van der Waals surface area contributed by atoms with Crippen molar-refractivity contribution in [2.45, 2.75) is 86.4 Å². The second-order valence-corrected chi connectivity index (χ2v) is 7.38. The molecule has 0 aromatic carbocycles. The first kappa shape index (κ1) is 17.9. The summed E-state index contributed by atoms with van der Waals surface area (Å²) in [5.41, 5.74) is 0.456. The van der Waals surface area contributed by atoms with E-state index < -0.39 is 0 Å². The third-order valence-electron chi connectivity index (χ3n) is 3.52. The number of hydrogen-bond acceptors (Lipinski definition) is 2. The van der Waals surface area contributed by atoms with Crippen LogP contribution in [0.2, 0.25) is 0 Å². The first-order valence-electron chi connectivity index (χ1n) is 7.62. The molecule has 0 rings (SSSR count). The maximum atomic E-state index is 3.65. The average molecular weight is 256 g/mol. The van der Waals surface area contributed by atoms with Gasteiger partial charge in [0.1, 0.15) is 0 Å². The van der Waals surface area contributed by atoms with Gasteiger partial charge >= 0.3 is 0 Å². The van der Waals surface area contributed by atoms with Gasteiger partial charge in [0.25, 0.3) is 0 Å². The highest BCUT2D eigenvalue weighted by Gasteiger charge is 2.14. The van der Waals surface area contributed by atoms with E-state index in [2.05, 4.69) is 65.6 Å². The Kier molecular flexibility index (Phi) is 8.13. The summed E-state index contributed by atoms with van der Waals surface area (Å²) >= 11 is 0. The Morgan fingerprint density at radius 1 is 0.944 bits per heavy atom. The minimum atomic E-state index is 0.456. The first-order chi connectivity index (χ1) is 8.13. The van der Waals surface area contributed by atoms with Crippen LogP contribution in [0.3, 0.4) is 0 Å². The Bertz CT molecular complexity index is 196. The summed E-state index contributed by atoms with van der Waals surface area (Å²) < 4.78 is 0. The number of rotatable bonds is 8. The van der Waals surface area contributed by atoms with Crippen molar-refractivity contribution in [3.05, 3.63) is 0 Å². The minimum absolute atomic E-state index is 0.456. The summed E-state index contributed by atoms with van der Waals surface area (Å²) in [6.45, 7) is 20.6. The third-order valence-corrected chi connectivity index (χ3v) is 3.52. The van der Waals surface area contributed by atoms with Crippen molar-refractivity contribution in [3.8, 4) is 0 Å². The molecule has 0 bridgehead atoms. The highest BCUT2D eigenvalue weighted by atomic mass is 15.2. The van der Waals surface area contributed by atoms with Crippen LogP contribution in [-0.4, -0.2) is 36.1 Å². The minimum Gasteiger partial charge on any atom is -0.313 e. The summed E-state index contributed by atoms with van der Waals surface area (Å²) in [6, 6.07) is 1.90. The number of hydrogen-bond donors (Lipinski definition) is 1. The topological polar surface area (TPSA) is 15.3 Å². The smallest absolute Gasteiger partial charge is 0.0112 e. The van der Waals surface area contributed by atoms with Gasteiger partial charge in [-0.25, -0.2) is 0 Å². The zero-order valence-electron chi connectivity index (χ0n) is 14.0. The van der Waals surface area contributed by atoms with E-state index in [9.17, 15) is 0 Å². The molecule has 0 aliphatic rings. The highest BCUT2D eigenvalue weighted by Crippen LogP contribution is 2.21. The first-order valence-corrected chi connectivity index (χ1v) is 7.62. The molecule has 0 fully saturated rings. The van der Waals surface area contributed by atoms with Gasteiger partial charge in [0, 0.05) is 31.2 Å². The van der Waals surface area contributed by atoms with Crippen LogP contribution < -0.4 is 5.32 Å². The highest BCUT2D eigenvalue weighted by molar-refractivity contribution is 4.71. The maximum Gasteiger partial charge on any atom is 0.0112 e. The van der Waals surface area contributed by atoms with E-state index in [1.54, 1.807) is 0 Å². The van der Waals surface area contributed by atoms with Crippen molar-refractivity contribution in [1.82, 2.24) is 10.2 Å². The monoisotopic (exact) mass is 256 g/mol. The summed E-state index contributed by atoms with van der Waals surface area (Å²) in [7, 11) is 0. The van der Waals surface area contributed by atoms with Crippen LogP contribution in [0.1, 0.15) is 68.2 Å². The number of nitrogens with one attached hydrogen (secondary N) is 1. The summed E-state index contributed by atoms with van der Waals surface area (Å²) in [4.78, 5) is 2.55. The molecule has 0 aliphatic carbocycles. The van der Waals surface area contributed by atoms with E-state index in [0.717, 1.165) is 13.1 Å². The molecular formula is C16H36N2. The normalized spacial score (nSPS) is 14.8. The zero-order chi connectivity index (χ0) is 14.3. The van der Waals surface area contributed by atoms with Crippen LogP contribution in [0.5, 0.6) is 0 Å². The fourth-order valence-corrected chi connectivity index (χ4v) is 2.30. The molecule has 0 saturated heterocycles. The van der Waals surface area contributed by atoms with E-state index in [4.69, 9.17) is 0 Å². The molecule has 0 spiro atoms. The molecule has 0 aromatic rings. The van der Waals surface area contributed by atoms with Crippen molar-refractivity contribution in [2.75, 3.05) is 13.1 Å². The van der Waals surface area contributed by atoms with Crippen molar-refractivity contribution < 1.29 is 0 Å². The molecule has 110 valence electrons. The second-order valence-electron chi connectivity index (χ2n) is 7.38. The second kappa shape index (κ2) is 8.16. The third kappa shape index (κ3) is 8.93. The van der Waals surface area contributed by atoms with Gasteiger partial charge in [-0.1, -0.05) is 20.8 Å². The SMILES string of the molecule is CC(CCC(C)(C)C)NCCN(C(C)C)C(C)C. The van der Waals surface area contributed by atoms with Crippen molar-refractivity contribution in [3.63, 3.8) is 0 Å². The molecular weight excluding hydrogens is 220 g/mol. The molecule has 1 N–H and O–H groups in total. The largest absolute Gasteiger partial charge is 0.313 e. The van der Waals surface area contributed by atoms with Crippen LogP contribution in [0.25, 0.3) is 0 Å². The molecule has 0 aliphatic heterocycles. The van der Waals surface area contributed by atoms with Crippen molar-refractivity contribution >= 4 is 0 Å². The summed E-state index contributed by atoms with van der Waals surface area (Å²) in [5, 5.41) is 3.65. The fraction of sp³-hybridized carbons (Fsp3) is 1.00. The van der Waals surface area contributed by atoms with Gasteiger partial charge in [-0.3, -0.25) is 4.90 Å². The molecule has 18 heavy (non-hydrogen) atoms. The lowest BCUT2D eigenvalue weighted by molar-refractivity contribution is 0.173. The molecule has 2 nitrogen and oxygen atoms in total. The fourth-order valence-electron chi connectivity index (χ4n) is 2.30. The summed E-state index contributed by atoms with van der Waals surface area (Å²) in [5.74, 6) is 0. The number of nitrogens with zero attached hydrogens (tertiary/aromatic N) is 1. The van der Waals surface area contributed by atoms with Crippen LogP contribution in [0, 0.1) is 5.41 Å². The van der Waals surface area contributed by atoms with Gasteiger partial charge in [-0.05, 0) is 52.9 Å². The predicted octanol–water partition coefficient (Wildman–Crippen LogP) is 3.91. The van der Waals surface area contributed by atoms with Crippen LogP contribution in [-0.2, 0) is 0 Å². The quantitative estimate of drug-likeness (QED) is 0.708. The van der Waals surface area contributed by atoms with Crippen LogP contribution in [0.4, 0.5) is 0 Å². The van der Waals surface area contributed by atoms with Gasteiger partial charge < -0.3 is 5.32 Å². The molecule has 0 radical (unpaired) electrons. The maximum absolute atomic E-state index is 3.65. The van der Waals surface area contributed by atoms with Gasteiger partial charge in [0.05, 0.1) is 0 Å². The zero-order valence-corrected chi connectivity index (χ0v) is 14.0. The molecule has 0 aromatic heterocycles. The van der Waals surface area contributed by atoms with Crippen LogP contribution >= 0.6 is 0 Å². The van der Waals surface area contributed by atoms with Crippen LogP contribution in [0.15, 0.2) is 0 Å². The Morgan fingerprint density at radius 3 is 1.83 bits per heavy atom. The van der Waals surface area contributed by atoms with E-state index in [-0.39, 0.29) is 0 Å². The van der Waals surface area contributed by atoms with Crippen molar-refractivity contribution in [1.29, 1.82) is 0 Å². The van der Waals surface area contributed by atoms with Gasteiger partial charge in [-0.15, -0.1) is 0 Å². The Morgan fingerprint density at radius 2 is 1.44 bits per heavy atom. The lowest BCUT2D eigenvalue weighted by Crippen LogP contribution is -2.43. The molecule has 1 atom stereocenters. The van der Waals surface area contributed by atoms with Crippen molar-refractivity contribution in [2.24, 2.45) is 5.41 Å². The average Bonchev–Trinajstić information content (AvgIpc) is 2.19. The van der Waals surface area contributed by atoms with Gasteiger partial charge in [0.15, 0.2) is 0 Å². The van der Waals surface area contributed by atoms with E-state index in [1.807, 2.05) is 0 Å². The molecule has 0 saturated carbocycles. The van der Waals surface area contributed by atoms with Gasteiger partial charge in [0.2, 0.25) is 0 Å². The molecule has 0 heterocycles. The molecule has 1 unspecified atom stereocenters. The molecule has 0 amide bonds. The van der Waals surface area contributed by atoms with E-state index >= 15 is 0 Å². The van der Waals surface area contributed by atoms with Gasteiger partial charge in [-0.2, -0.15) is 0 Å². The Labute approximate surface area is 116 Å². The summed E-state index contributed by atoms with van der Waals surface area (Å²) in [6.07, 6.45) is 2.56. The lowest BCUT2D eigenvalue weighted by Gasteiger charge is -2.31. The standard InChI is InChI=1S/C16H36N2/c1-13(2)18(14(3)4)12-11-17-15(5)9-10-16(6,7)8/h13-15,17H,9-12H2,1-8H3. The van der Waals surface area contributed by atoms with E-state index in [1.165, 1.54) is 12.8 Å².